The van der Waals surface area contributed by atoms with Crippen molar-refractivity contribution < 1.29 is 14.3 Å². The molecule has 1 heterocycles. The average molecular weight is 305 g/mol. The van der Waals surface area contributed by atoms with Gasteiger partial charge in [0.05, 0.1) is 24.4 Å². The van der Waals surface area contributed by atoms with Crippen molar-refractivity contribution in [2.45, 2.75) is 26.2 Å². The van der Waals surface area contributed by atoms with Gasteiger partial charge < -0.3 is 4.74 Å². The minimum Gasteiger partial charge on any atom is -0.462 e. The topological polar surface area (TPSA) is 70.7 Å². The lowest BCUT2D eigenvalue weighted by Gasteiger charge is -2.25. The fourth-order valence-electron chi connectivity index (χ4n) is 2.48. The van der Waals surface area contributed by atoms with Crippen LogP contribution in [0.25, 0.3) is 0 Å². The fraction of sp³-hybridized carbons (Fsp3) is 0.500. The van der Waals surface area contributed by atoms with Gasteiger partial charge in [-0.1, -0.05) is 18.6 Å². The van der Waals surface area contributed by atoms with Gasteiger partial charge in [0.1, 0.15) is 0 Å². The lowest BCUT2D eigenvalue weighted by Crippen LogP contribution is -2.41. The first-order valence-corrected chi connectivity index (χ1v) is 7.74. The van der Waals surface area contributed by atoms with Crippen LogP contribution in [-0.4, -0.2) is 43.0 Å². The number of hydrazine groups is 1. The monoisotopic (exact) mass is 305 g/mol. The summed E-state index contributed by atoms with van der Waals surface area (Å²) in [6.45, 7) is 4.37. The second kappa shape index (κ2) is 8.38. The summed E-state index contributed by atoms with van der Waals surface area (Å²) >= 11 is 0. The maximum atomic E-state index is 12.0. The maximum Gasteiger partial charge on any atom is 0.340 e. The van der Waals surface area contributed by atoms with Crippen molar-refractivity contribution in [3.8, 4) is 0 Å². The molecule has 0 unspecified atom stereocenters. The number of hydrogen-bond acceptors (Lipinski definition) is 5. The Morgan fingerprint density at radius 1 is 1.18 bits per heavy atom. The van der Waals surface area contributed by atoms with Crippen LogP contribution in [-0.2, 0) is 9.53 Å². The van der Waals surface area contributed by atoms with E-state index in [1.54, 1.807) is 31.2 Å². The van der Waals surface area contributed by atoms with Crippen LogP contribution in [0.1, 0.15) is 36.5 Å². The third kappa shape index (κ3) is 4.73. The second-order valence-electron chi connectivity index (χ2n) is 5.28. The number of benzene rings is 1. The van der Waals surface area contributed by atoms with E-state index in [0.717, 1.165) is 25.9 Å². The van der Waals surface area contributed by atoms with E-state index in [1.807, 2.05) is 0 Å². The second-order valence-corrected chi connectivity index (χ2v) is 5.28. The molecule has 0 aliphatic carbocycles. The molecule has 0 saturated carbocycles. The van der Waals surface area contributed by atoms with Crippen LogP contribution >= 0.6 is 0 Å². The van der Waals surface area contributed by atoms with E-state index in [0.29, 0.717) is 24.4 Å². The molecule has 1 aromatic carbocycles. The third-order valence-corrected chi connectivity index (χ3v) is 3.57. The number of carbonyl (C=O) groups excluding carboxylic acids is 2. The Morgan fingerprint density at radius 2 is 1.91 bits per heavy atom. The van der Waals surface area contributed by atoms with Crippen molar-refractivity contribution in [3.05, 3.63) is 29.8 Å². The molecule has 0 bridgehead atoms. The van der Waals surface area contributed by atoms with Gasteiger partial charge in [0.25, 0.3) is 5.91 Å². The zero-order valence-electron chi connectivity index (χ0n) is 12.9. The number of likely N-dealkylation sites (tertiary alicyclic amines) is 1. The van der Waals surface area contributed by atoms with E-state index in [1.165, 1.54) is 6.42 Å². The Kier molecular flexibility index (Phi) is 6.21. The van der Waals surface area contributed by atoms with Crippen LogP contribution in [0.2, 0.25) is 0 Å². The summed E-state index contributed by atoms with van der Waals surface area (Å²) in [5, 5.41) is 0. The summed E-state index contributed by atoms with van der Waals surface area (Å²) in [6.07, 6.45) is 3.53. The van der Waals surface area contributed by atoms with Crippen molar-refractivity contribution in [3.63, 3.8) is 0 Å². The molecular weight excluding hydrogens is 282 g/mol. The van der Waals surface area contributed by atoms with E-state index >= 15 is 0 Å². The molecule has 1 amide bonds. The lowest BCUT2D eigenvalue weighted by atomic mass is 10.1. The molecule has 1 aromatic rings. The van der Waals surface area contributed by atoms with E-state index in [2.05, 4.69) is 15.8 Å². The Bertz CT molecular complexity index is 513. The van der Waals surface area contributed by atoms with Gasteiger partial charge in [0.15, 0.2) is 0 Å². The Labute approximate surface area is 130 Å². The number of anilines is 1. The number of esters is 1. The minimum absolute atomic E-state index is 0.111. The van der Waals surface area contributed by atoms with Crippen LogP contribution < -0.4 is 10.9 Å². The highest BCUT2D eigenvalue weighted by atomic mass is 16.5. The molecule has 120 valence electrons. The van der Waals surface area contributed by atoms with Gasteiger partial charge in [0, 0.05) is 0 Å². The number of ether oxygens (including phenoxy) is 1. The molecule has 6 heteroatoms. The van der Waals surface area contributed by atoms with E-state index in [4.69, 9.17) is 4.74 Å². The summed E-state index contributed by atoms with van der Waals surface area (Å²) in [7, 11) is 0. The molecule has 2 rings (SSSR count). The zero-order valence-corrected chi connectivity index (χ0v) is 12.9. The SMILES string of the molecule is CCOC(=O)c1ccccc1NNC(=O)CN1CCCCC1. The molecule has 22 heavy (non-hydrogen) atoms. The number of para-hydroxylation sites is 1. The molecule has 0 radical (unpaired) electrons. The molecule has 0 atom stereocenters. The highest BCUT2D eigenvalue weighted by Crippen LogP contribution is 2.15. The molecular formula is C16H23N3O3. The van der Waals surface area contributed by atoms with Gasteiger partial charge in [-0.2, -0.15) is 0 Å². The number of piperidine rings is 1. The summed E-state index contributed by atoms with van der Waals surface area (Å²) < 4.78 is 5.00. The first-order valence-electron chi connectivity index (χ1n) is 7.74. The molecule has 1 fully saturated rings. The van der Waals surface area contributed by atoms with Gasteiger partial charge in [0.2, 0.25) is 0 Å². The van der Waals surface area contributed by atoms with Crippen LogP contribution in [0.4, 0.5) is 5.69 Å². The van der Waals surface area contributed by atoms with Gasteiger partial charge in [-0.05, 0) is 45.0 Å². The van der Waals surface area contributed by atoms with Gasteiger partial charge in [-0.25, -0.2) is 4.79 Å². The average Bonchev–Trinajstić information content (AvgIpc) is 2.54. The van der Waals surface area contributed by atoms with E-state index < -0.39 is 5.97 Å². The van der Waals surface area contributed by atoms with E-state index in [-0.39, 0.29) is 5.91 Å². The van der Waals surface area contributed by atoms with Crippen LogP contribution in [0, 0.1) is 0 Å². The largest absolute Gasteiger partial charge is 0.462 e. The number of rotatable bonds is 6. The smallest absolute Gasteiger partial charge is 0.340 e. The number of hydrogen-bond donors (Lipinski definition) is 2. The minimum atomic E-state index is -0.407. The summed E-state index contributed by atoms with van der Waals surface area (Å²) in [6, 6.07) is 6.94. The van der Waals surface area contributed by atoms with Crippen molar-refractivity contribution in [2.75, 3.05) is 31.7 Å². The molecule has 1 aliphatic heterocycles. The van der Waals surface area contributed by atoms with Crippen molar-refractivity contribution in [1.82, 2.24) is 10.3 Å². The lowest BCUT2D eigenvalue weighted by molar-refractivity contribution is -0.121. The van der Waals surface area contributed by atoms with Gasteiger partial charge in [-0.3, -0.25) is 20.5 Å². The van der Waals surface area contributed by atoms with Crippen LogP contribution in [0.15, 0.2) is 24.3 Å². The number of nitrogens with zero attached hydrogens (tertiary/aromatic N) is 1. The third-order valence-electron chi connectivity index (χ3n) is 3.57. The van der Waals surface area contributed by atoms with Crippen LogP contribution in [0.3, 0.4) is 0 Å². The van der Waals surface area contributed by atoms with Gasteiger partial charge >= 0.3 is 5.97 Å². The number of nitrogens with one attached hydrogen (secondary N) is 2. The summed E-state index contributed by atoms with van der Waals surface area (Å²) in [4.78, 5) is 25.9. The fourth-order valence-corrected chi connectivity index (χ4v) is 2.48. The van der Waals surface area contributed by atoms with E-state index in [9.17, 15) is 9.59 Å². The predicted molar refractivity (Wildman–Crippen MR) is 84.5 cm³/mol. The number of carbonyl (C=O) groups is 2. The van der Waals surface area contributed by atoms with Crippen molar-refractivity contribution >= 4 is 17.6 Å². The summed E-state index contributed by atoms with van der Waals surface area (Å²) in [5.41, 5.74) is 6.40. The molecule has 6 nitrogen and oxygen atoms in total. The van der Waals surface area contributed by atoms with Crippen molar-refractivity contribution in [2.24, 2.45) is 0 Å². The zero-order chi connectivity index (χ0) is 15.8. The molecule has 1 saturated heterocycles. The summed E-state index contributed by atoms with van der Waals surface area (Å²) in [5.74, 6) is -0.517. The highest BCUT2D eigenvalue weighted by Gasteiger charge is 2.15. The van der Waals surface area contributed by atoms with Crippen molar-refractivity contribution in [1.29, 1.82) is 0 Å². The first kappa shape index (κ1) is 16.3. The molecule has 0 aromatic heterocycles. The predicted octanol–water partition coefficient (Wildman–Crippen LogP) is 1.79. The standard InChI is InChI=1S/C16H23N3O3/c1-2-22-16(21)13-8-4-5-9-14(13)17-18-15(20)12-19-10-6-3-7-11-19/h4-5,8-9,17H,2-3,6-7,10-12H2,1H3,(H,18,20). The highest BCUT2D eigenvalue weighted by molar-refractivity contribution is 5.96. The van der Waals surface area contributed by atoms with Crippen LogP contribution in [0.5, 0.6) is 0 Å². The Hall–Kier alpha value is -2.08. The Balaban J connectivity index is 1.88. The molecule has 1 aliphatic rings. The first-order chi connectivity index (χ1) is 10.7. The molecule has 2 N–H and O–H groups in total. The maximum absolute atomic E-state index is 12.0. The number of amides is 1. The normalized spacial score (nSPS) is 15.1. The van der Waals surface area contributed by atoms with Gasteiger partial charge in [-0.15, -0.1) is 0 Å². The molecule has 0 spiro atoms. The quantitative estimate of drug-likeness (QED) is 0.619. The Morgan fingerprint density at radius 3 is 2.64 bits per heavy atom.